The topological polar surface area (TPSA) is 34.6 Å². The first-order valence-corrected chi connectivity index (χ1v) is 20.1. The van der Waals surface area contributed by atoms with E-state index in [9.17, 15) is 5.26 Å². The molecule has 0 aliphatic heterocycles. The average molecular weight is 767 g/mol. The number of benzene rings is 10. The number of hydrogen-bond donors (Lipinski definition) is 0. The van der Waals surface area contributed by atoms with Crippen molar-refractivity contribution < 1.29 is 0 Å². The molecule has 10 rings (SSSR count). The van der Waals surface area contributed by atoms with Gasteiger partial charge >= 0.3 is 0 Å². The highest BCUT2D eigenvalue weighted by Gasteiger charge is 2.25. The molecule has 4 heteroatoms. The molecule has 10 aromatic rings. The van der Waals surface area contributed by atoms with Crippen molar-refractivity contribution in [1.29, 1.82) is 5.26 Å². The van der Waals surface area contributed by atoms with Crippen LogP contribution >= 0.6 is 0 Å². The molecule has 282 valence electrons. The minimum absolute atomic E-state index is 0.579. The monoisotopic (exact) mass is 766 g/mol. The summed E-state index contributed by atoms with van der Waals surface area (Å²) in [5.74, 6) is 0. The third kappa shape index (κ3) is 6.07. The minimum Gasteiger partial charge on any atom is -0.319 e. The first-order valence-electron chi connectivity index (χ1n) is 20.1. The van der Waals surface area contributed by atoms with Gasteiger partial charge in [0.25, 0.3) is 0 Å². The maximum atomic E-state index is 10.5. The van der Waals surface area contributed by atoms with Gasteiger partial charge in [0.2, 0.25) is 5.69 Å². The van der Waals surface area contributed by atoms with E-state index in [1.54, 1.807) is 0 Å². The first kappa shape index (κ1) is 36.2. The van der Waals surface area contributed by atoms with E-state index >= 15 is 0 Å². The molecule has 0 atom stereocenters. The van der Waals surface area contributed by atoms with E-state index in [2.05, 4.69) is 174 Å². The number of nitriles is 1. The van der Waals surface area contributed by atoms with E-state index in [0.717, 1.165) is 99.8 Å². The third-order valence-electron chi connectivity index (χ3n) is 11.7. The van der Waals surface area contributed by atoms with Gasteiger partial charge in [-0.15, -0.1) is 0 Å². The lowest BCUT2D eigenvalue weighted by Gasteiger charge is -2.31. The van der Waals surface area contributed by atoms with Gasteiger partial charge in [-0.1, -0.05) is 152 Å². The van der Waals surface area contributed by atoms with Gasteiger partial charge < -0.3 is 9.80 Å². The van der Waals surface area contributed by atoms with E-state index in [4.69, 9.17) is 6.57 Å². The van der Waals surface area contributed by atoms with Crippen molar-refractivity contribution in [2.45, 2.75) is 13.8 Å². The van der Waals surface area contributed by atoms with Crippen LogP contribution in [0.15, 0.2) is 194 Å². The Morgan fingerprint density at radius 3 is 1.38 bits per heavy atom. The lowest BCUT2D eigenvalue weighted by Crippen LogP contribution is -2.14. The summed E-state index contributed by atoms with van der Waals surface area (Å²) < 4.78 is 0. The Kier molecular flexibility index (Phi) is 9.02. The summed E-state index contributed by atoms with van der Waals surface area (Å²) >= 11 is 0. The molecule has 0 heterocycles. The van der Waals surface area contributed by atoms with Crippen LogP contribution in [0, 0.1) is 31.8 Å². The fraction of sp³-hybridized carbons (Fsp3) is 0.0357. The van der Waals surface area contributed by atoms with Crippen molar-refractivity contribution in [2.75, 3.05) is 9.80 Å². The zero-order chi connectivity index (χ0) is 40.7. The third-order valence-corrected chi connectivity index (χ3v) is 11.7. The lowest BCUT2D eigenvalue weighted by atomic mass is 9.91. The average Bonchev–Trinajstić information content (AvgIpc) is 3.31. The highest BCUT2D eigenvalue weighted by Crippen LogP contribution is 2.50. The van der Waals surface area contributed by atoms with E-state index < -0.39 is 0 Å². The van der Waals surface area contributed by atoms with E-state index in [1.807, 2.05) is 54.6 Å². The van der Waals surface area contributed by atoms with Gasteiger partial charge in [0, 0.05) is 22.1 Å². The summed E-state index contributed by atoms with van der Waals surface area (Å²) in [5, 5.41) is 17.2. The molecule has 0 aromatic heterocycles. The number of aryl methyl sites for hydroxylation is 2. The number of anilines is 6. The molecule has 0 unspecified atom stereocenters. The summed E-state index contributed by atoms with van der Waals surface area (Å²) in [6, 6.07) is 70.0. The lowest BCUT2D eigenvalue weighted by molar-refractivity contribution is 1.25. The van der Waals surface area contributed by atoms with Gasteiger partial charge in [-0.3, -0.25) is 0 Å². The quantitative estimate of drug-likeness (QED) is 0.114. The summed E-state index contributed by atoms with van der Waals surface area (Å²) in [6.07, 6.45) is 0. The fourth-order valence-corrected chi connectivity index (χ4v) is 8.77. The van der Waals surface area contributed by atoms with E-state index in [-0.39, 0.29) is 0 Å². The van der Waals surface area contributed by atoms with Crippen molar-refractivity contribution in [3.63, 3.8) is 0 Å². The molecule has 0 bridgehead atoms. The van der Waals surface area contributed by atoms with E-state index in [1.165, 1.54) is 0 Å². The van der Waals surface area contributed by atoms with Gasteiger partial charge in [-0.25, -0.2) is 4.85 Å². The van der Waals surface area contributed by atoms with Crippen LogP contribution in [-0.4, -0.2) is 0 Å². The molecule has 0 N–H and O–H groups in total. The summed E-state index contributed by atoms with van der Waals surface area (Å²) in [5.41, 5.74) is 13.5. The Morgan fingerprint density at radius 2 is 0.867 bits per heavy atom. The number of hydrogen-bond acceptors (Lipinski definition) is 3. The van der Waals surface area contributed by atoms with Gasteiger partial charge in [0.05, 0.1) is 34.9 Å². The molecule has 0 saturated carbocycles. The molecule has 0 aliphatic rings. The Morgan fingerprint density at radius 1 is 0.417 bits per heavy atom. The Hall–Kier alpha value is -8.18. The maximum absolute atomic E-state index is 10.5. The zero-order valence-corrected chi connectivity index (χ0v) is 33.3. The molecule has 60 heavy (non-hydrogen) atoms. The largest absolute Gasteiger partial charge is 0.319 e. The van der Waals surface area contributed by atoms with Crippen LogP contribution in [-0.2, 0) is 0 Å². The Balaban J connectivity index is 1.25. The first-order chi connectivity index (χ1) is 29.5. The van der Waals surface area contributed by atoms with Crippen LogP contribution in [0.1, 0.15) is 16.7 Å². The van der Waals surface area contributed by atoms with Crippen molar-refractivity contribution in [2.24, 2.45) is 0 Å². The molecular formula is C56H38N4. The number of nitrogens with zero attached hydrogens (tertiary/aromatic N) is 4. The zero-order valence-electron chi connectivity index (χ0n) is 33.3. The molecule has 0 amide bonds. The van der Waals surface area contributed by atoms with Crippen LogP contribution < -0.4 is 9.80 Å². The summed E-state index contributed by atoms with van der Waals surface area (Å²) in [7, 11) is 0. The van der Waals surface area contributed by atoms with Crippen molar-refractivity contribution in [3.8, 4) is 28.3 Å². The fourth-order valence-electron chi connectivity index (χ4n) is 8.77. The Bertz CT molecular complexity index is 3090. The predicted octanol–water partition coefficient (Wildman–Crippen LogP) is 15.9. The van der Waals surface area contributed by atoms with Gasteiger partial charge in [0.15, 0.2) is 0 Å². The second-order valence-corrected chi connectivity index (χ2v) is 15.2. The molecule has 10 aromatic carbocycles. The van der Waals surface area contributed by atoms with Crippen molar-refractivity contribution >= 4 is 72.1 Å². The summed E-state index contributed by atoms with van der Waals surface area (Å²) in [6.45, 7) is 12.5. The van der Waals surface area contributed by atoms with Gasteiger partial charge in [-0.2, -0.15) is 5.26 Å². The van der Waals surface area contributed by atoms with Gasteiger partial charge in [0.1, 0.15) is 6.07 Å². The van der Waals surface area contributed by atoms with Crippen LogP contribution in [0.4, 0.5) is 39.8 Å². The van der Waals surface area contributed by atoms with Crippen LogP contribution in [0.5, 0.6) is 0 Å². The van der Waals surface area contributed by atoms with Crippen LogP contribution in [0.3, 0.4) is 0 Å². The molecule has 0 spiro atoms. The molecule has 4 nitrogen and oxygen atoms in total. The van der Waals surface area contributed by atoms with Gasteiger partial charge in [-0.05, 0) is 111 Å². The predicted molar refractivity (Wildman–Crippen MR) is 251 cm³/mol. The smallest absolute Gasteiger partial charge is 0.210 e. The normalized spacial score (nSPS) is 11.1. The molecule has 0 aliphatic carbocycles. The number of para-hydroxylation sites is 3. The summed E-state index contributed by atoms with van der Waals surface area (Å²) in [4.78, 5) is 8.57. The highest BCUT2D eigenvalue weighted by molar-refractivity contribution is 6.28. The molecule has 0 radical (unpaired) electrons. The molecule has 0 saturated heterocycles. The van der Waals surface area contributed by atoms with Crippen molar-refractivity contribution in [3.05, 3.63) is 222 Å². The standard InChI is InChI=1S/C56H38N4/c1-37-22-24-43(39-14-6-4-7-15-39)34-53(37)59(49-20-12-10-18-45(49)36-57)50-32-28-41-27-31-47-51(33-29-42-26-30-46(50)55(41)56(42)47)60(52-21-13-11-19-48(52)58-3)54-35-44(25-23-38(54)2)40-16-8-5-9-17-40/h4-35H,1-2H3. The van der Waals surface area contributed by atoms with Crippen molar-refractivity contribution in [1.82, 2.24) is 0 Å². The second-order valence-electron chi connectivity index (χ2n) is 15.2. The van der Waals surface area contributed by atoms with Crippen LogP contribution in [0.2, 0.25) is 0 Å². The maximum Gasteiger partial charge on any atom is 0.210 e. The molecule has 0 fully saturated rings. The van der Waals surface area contributed by atoms with Crippen LogP contribution in [0.25, 0.3) is 59.4 Å². The minimum atomic E-state index is 0.579. The molecular weight excluding hydrogens is 729 g/mol. The second kappa shape index (κ2) is 15.0. The SMILES string of the molecule is [C-]#[N+]c1ccccc1N(c1cc(-c2ccccc2)ccc1C)c1ccc2ccc3c(N(c4cc(-c5ccccc5)ccc4C)c4ccccc4C#N)ccc4ccc1c2c43. The Labute approximate surface area is 350 Å². The highest BCUT2D eigenvalue weighted by atomic mass is 15.2. The van der Waals surface area contributed by atoms with E-state index in [0.29, 0.717) is 11.3 Å². The number of rotatable bonds is 8.